The third kappa shape index (κ3) is 5.65. The smallest absolute Gasteiger partial charge is 0.0403 e. The van der Waals surface area contributed by atoms with Crippen LogP contribution in [0, 0.1) is 0 Å². The standard InChI is InChI=1S/C8H15P/c1-5-6-9(4)7-8(2)3/h5-7,9H,2H2,1,3-4H3/b6-5-. The maximum Gasteiger partial charge on any atom is -0.0403 e. The lowest BCUT2D eigenvalue weighted by Crippen LogP contribution is -1.68. The highest BCUT2D eigenvalue weighted by atomic mass is 31.1. The van der Waals surface area contributed by atoms with Crippen LogP contribution in [0.4, 0.5) is 0 Å². The van der Waals surface area contributed by atoms with Gasteiger partial charge in [0.25, 0.3) is 0 Å². The molecular weight excluding hydrogens is 127 g/mol. The Labute approximate surface area is 58.7 Å². The normalized spacial score (nSPS) is 14.6. The van der Waals surface area contributed by atoms with E-state index >= 15 is 0 Å². The molecule has 0 fully saturated rings. The van der Waals surface area contributed by atoms with E-state index in [1.54, 1.807) is 0 Å². The van der Waals surface area contributed by atoms with Gasteiger partial charge in [-0.2, -0.15) is 0 Å². The fraction of sp³-hybridized carbons (Fsp3) is 0.375. The molecule has 0 nitrogen and oxygen atoms in total. The summed E-state index contributed by atoms with van der Waals surface area (Å²) in [5, 5.41) is 0. The second-order valence-electron chi connectivity index (χ2n) is 2.23. The summed E-state index contributed by atoms with van der Waals surface area (Å²) in [5.74, 6) is 4.49. The van der Waals surface area contributed by atoms with E-state index in [-0.39, 0.29) is 7.55 Å². The molecule has 0 radical (unpaired) electrons. The third-order valence-corrected chi connectivity index (χ3v) is 2.71. The van der Waals surface area contributed by atoms with E-state index in [2.05, 4.69) is 37.9 Å². The lowest BCUT2D eigenvalue weighted by molar-refractivity contribution is 1.69. The molecule has 0 saturated carbocycles. The van der Waals surface area contributed by atoms with Crippen molar-refractivity contribution in [2.75, 3.05) is 6.66 Å². The Kier molecular flexibility index (Phi) is 4.53. The summed E-state index contributed by atoms with van der Waals surface area (Å²) in [6.45, 7) is 10.2. The lowest BCUT2D eigenvalue weighted by Gasteiger charge is -1.90. The van der Waals surface area contributed by atoms with E-state index in [9.17, 15) is 0 Å². The van der Waals surface area contributed by atoms with Gasteiger partial charge in [-0.05, 0) is 20.5 Å². The summed E-state index contributed by atoms with van der Waals surface area (Å²) in [4.78, 5) is 0. The van der Waals surface area contributed by atoms with Crippen LogP contribution in [0.25, 0.3) is 0 Å². The number of allylic oxidation sites excluding steroid dienone is 2. The molecule has 0 rings (SSSR count). The van der Waals surface area contributed by atoms with Gasteiger partial charge in [0.1, 0.15) is 0 Å². The number of hydrogen-bond donors (Lipinski definition) is 0. The largest absolute Gasteiger partial charge is 0.100 e. The second kappa shape index (κ2) is 4.64. The van der Waals surface area contributed by atoms with E-state index in [0.717, 1.165) is 0 Å². The van der Waals surface area contributed by atoms with Crippen LogP contribution in [0.15, 0.2) is 24.0 Å². The molecule has 1 atom stereocenters. The molecule has 1 unspecified atom stereocenters. The van der Waals surface area contributed by atoms with Gasteiger partial charge in [-0.25, -0.2) is 0 Å². The molecule has 1 heteroatoms. The first-order valence-electron chi connectivity index (χ1n) is 3.13. The molecule has 0 aromatic rings. The summed E-state index contributed by atoms with van der Waals surface area (Å²) in [6.07, 6.45) is 2.10. The summed E-state index contributed by atoms with van der Waals surface area (Å²) in [6, 6.07) is 0. The second-order valence-corrected chi connectivity index (χ2v) is 4.34. The molecule has 0 aliphatic heterocycles. The first-order valence-corrected chi connectivity index (χ1v) is 5.28. The minimum Gasteiger partial charge on any atom is -0.100 e. The van der Waals surface area contributed by atoms with E-state index < -0.39 is 0 Å². The third-order valence-electron chi connectivity index (χ3n) is 0.904. The molecule has 0 saturated heterocycles. The van der Waals surface area contributed by atoms with Crippen LogP contribution in [0.1, 0.15) is 13.8 Å². The van der Waals surface area contributed by atoms with Crippen molar-refractivity contribution in [3.8, 4) is 0 Å². The van der Waals surface area contributed by atoms with Crippen LogP contribution in [0.2, 0.25) is 0 Å². The number of rotatable bonds is 2. The molecule has 0 bridgehead atoms. The summed E-state index contributed by atoms with van der Waals surface area (Å²) < 4.78 is 0. The zero-order chi connectivity index (χ0) is 7.28. The Hall–Kier alpha value is -0.220. The van der Waals surface area contributed by atoms with Gasteiger partial charge in [0.2, 0.25) is 0 Å². The van der Waals surface area contributed by atoms with E-state index in [1.807, 2.05) is 6.92 Å². The molecule has 0 heterocycles. The Balaban J connectivity index is 4.00. The quantitative estimate of drug-likeness (QED) is 0.520. The first kappa shape index (κ1) is 8.78. The van der Waals surface area contributed by atoms with E-state index in [0.29, 0.717) is 0 Å². The van der Waals surface area contributed by atoms with Crippen LogP contribution in [-0.2, 0) is 0 Å². The summed E-state index contributed by atoms with van der Waals surface area (Å²) >= 11 is 0. The van der Waals surface area contributed by atoms with Crippen molar-refractivity contribution in [1.82, 2.24) is 0 Å². The predicted molar refractivity (Wildman–Crippen MR) is 49.9 cm³/mol. The molecule has 0 aromatic heterocycles. The van der Waals surface area contributed by atoms with Crippen LogP contribution >= 0.6 is 7.55 Å². The first-order chi connectivity index (χ1) is 4.16. The van der Waals surface area contributed by atoms with Gasteiger partial charge in [0, 0.05) is 0 Å². The van der Waals surface area contributed by atoms with Crippen LogP contribution in [0.3, 0.4) is 0 Å². The molecule has 0 aliphatic carbocycles. The highest BCUT2D eigenvalue weighted by Crippen LogP contribution is 2.18. The van der Waals surface area contributed by atoms with Gasteiger partial charge in [-0.3, -0.25) is 0 Å². The molecule has 0 amide bonds. The summed E-state index contributed by atoms with van der Waals surface area (Å²) in [7, 11) is -0.345. The van der Waals surface area contributed by atoms with Crippen LogP contribution < -0.4 is 0 Å². The van der Waals surface area contributed by atoms with Crippen molar-refractivity contribution in [1.29, 1.82) is 0 Å². The maximum atomic E-state index is 3.81. The fourth-order valence-corrected chi connectivity index (χ4v) is 2.10. The minimum atomic E-state index is -0.345. The van der Waals surface area contributed by atoms with Crippen molar-refractivity contribution in [2.24, 2.45) is 0 Å². The Morgan fingerprint density at radius 3 is 2.44 bits per heavy atom. The average molecular weight is 142 g/mol. The molecule has 0 spiro atoms. The predicted octanol–water partition coefficient (Wildman–Crippen LogP) is 2.74. The van der Waals surface area contributed by atoms with Gasteiger partial charge >= 0.3 is 0 Å². The fourth-order valence-electron chi connectivity index (χ4n) is 0.700. The monoisotopic (exact) mass is 142 g/mol. The van der Waals surface area contributed by atoms with Gasteiger partial charge < -0.3 is 0 Å². The van der Waals surface area contributed by atoms with Gasteiger partial charge in [-0.1, -0.05) is 29.8 Å². The average Bonchev–Trinajstić information content (AvgIpc) is 1.63. The SMILES string of the molecule is C=C(C)/C=[PH](C)\C=C/C. The maximum absolute atomic E-state index is 3.81. The zero-order valence-electron chi connectivity index (χ0n) is 6.44. The van der Waals surface area contributed by atoms with Crippen LogP contribution in [0.5, 0.6) is 0 Å². The van der Waals surface area contributed by atoms with Crippen molar-refractivity contribution in [3.05, 3.63) is 24.0 Å². The molecule has 0 N–H and O–H groups in total. The zero-order valence-corrected chi connectivity index (χ0v) is 7.44. The van der Waals surface area contributed by atoms with Crippen molar-refractivity contribution in [2.45, 2.75) is 13.8 Å². The molecule has 0 aromatic carbocycles. The van der Waals surface area contributed by atoms with Gasteiger partial charge in [0.15, 0.2) is 0 Å². The number of hydrogen-bond acceptors (Lipinski definition) is 0. The van der Waals surface area contributed by atoms with Gasteiger partial charge in [0.05, 0.1) is 0 Å². The molecule has 52 valence electrons. The Bertz CT molecular complexity index is 152. The van der Waals surface area contributed by atoms with E-state index in [1.165, 1.54) is 5.57 Å². The molecule has 0 aliphatic rings. The van der Waals surface area contributed by atoms with E-state index in [4.69, 9.17) is 0 Å². The van der Waals surface area contributed by atoms with Gasteiger partial charge in [-0.15, -0.1) is 7.55 Å². The Morgan fingerprint density at radius 1 is 1.56 bits per heavy atom. The lowest BCUT2D eigenvalue weighted by atomic mass is 10.4. The van der Waals surface area contributed by atoms with Crippen molar-refractivity contribution in [3.63, 3.8) is 0 Å². The highest BCUT2D eigenvalue weighted by Gasteiger charge is 1.76. The molecular formula is C8H15P. The topological polar surface area (TPSA) is 0 Å². The van der Waals surface area contributed by atoms with Crippen molar-refractivity contribution < 1.29 is 0 Å². The summed E-state index contributed by atoms with van der Waals surface area (Å²) in [5.41, 5.74) is 1.18. The molecule has 9 heavy (non-hydrogen) atoms. The minimum absolute atomic E-state index is 0.345. The van der Waals surface area contributed by atoms with Crippen molar-refractivity contribution >= 4 is 13.3 Å². The Morgan fingerprint density at radius 2 is 2.11 bits per heavy atom. The highest BCUT2D eigenvalue weighted by molar-refractivity contribution is 7.60. The van der Waals surface area contributed by atoms with Crippen LogP contribution in [-0.4, -0.2) is 12.5 Å².